The maximum Gasteiger partial charge on any atom is 0.307 e. The third-order valence-corrected chi connectivity index (χ3v) is 2.96. The van der Waals surface area contributed by atoms with E-state index in [0.717, 1.165) is 11.3 Å². The number of aliphatic carboxylic acids is 1. The van der Waals surface area contributed by atoms with Crippen LogP contribution in [0.15, 0.2) is 24.3 Å². The summed E-state index contributed by atoms with van der Waals surface area (Å²) in [5.41, 5.74) is 1.68. The Hall–Kier alpha value is -1.84. The van der Waals surface area contributed by atoms with Crippen molar-refractivity contribution >= 4 is 17.6 Å². The summed E-state index contributed by atoms with van der Waals surface area (Å²) >= 11 is 0. The minimum Gasteiger partial charge on any atom is -0.481 e. The maximum atomic E-state index is 11.8. The van der Waals surface area contributed by atoms with E-state index in [4.69, 9.17) is 5.11 Å². The molecular weight excluding hydrogens is 242 g/mol. The minimum atomic E-state index is -0.961. The van der Waals surface area contributed by atoms with Crippen LogP contribution in [0.3, 0.4) is 0 Å². The summed E-state index contributed by atoms with van der Waals surface area (Å²) < 4.78 is 0. The number of hydrogen-bond donors (Lipinski definition) is 2. The zero-order valence-corrected chi connectivity index (χ0v) is 10.2. The second-order valence-corrected chi connectivity index (χ2v) is 4.22. The summed E-state index contributed by atoms with van der Waals surface area (Å²) in [5.74, 6) is -2.49. The van der Waals surface area contributed by atoms with Crippen LogP contribution in [0.1, 0.15) is 34.3 Å². The summed E-state index contributed by atoms with van der Waals surface area (Å²) in [4.78, 5) is 22.6. The van der Waals surface area contributed by atoms with Crippen molar-refractivity contribution in [3.63, 3.8) is 0 Å². The molecule has 0 aliphatic heterocycles. The number of aryl methyl sites for hydroxylation is 1. The van der Waals surface area contributed by atoms with Crippen LogP contribution in [0, 0.1) is 18.8 Å². The molecule has 1 rings (SSSR count). The number of para-hydroxylation sites is 1. The van der Waals surface area contributed by atoms with E-state index in [1.54, 1.807) is 13.0 Å². The molecule has 0 radical (unpaired) electrons. The first-order valence-corrected chi connectivity index (χ1v) is 5.52. The van der Waals surface area contributed by atoms with Gasteiger partial charge in [0.2, 0.25) is 5.91 Å². The molecule has 19 heavy (non-hydrogen) atoms. The number of amides is 1. The van der Waals surface area contributed by atoms with Gasteiger partial charge in [-0.3, -0.25) is 9.59 Å². The van der Waals surface area contributed by atoms with Crippen LogP contribution in [-0.4, -0.2) is 17.0 Å². The lowest BCUT2D eigenvalue weighted by atomic mass is 9.95. The van der Waals surface area contributed by atoms with Gasteiger partial charge in [-0.25, -0.2) is 0 Å². The topological polar surface area (TPSA) is 66.4 Å². The maximum absolute atomic E-state index is 11.8. The molecule has 1 amide bonds. The van der Waals surface area contributed by atoms with Gasteiger partial charge in [0.25, 0.3) is 0 Å². The molecule has 108 valence electrons. The predicted octanol–water partition coefficient (Wildman–Crippen LogP) is 3.56. The zero-order valence-electron chi connectivity index (χ0n) is 10.2. The van der Waals surface area contributed by atoms with Gasteiger partial charge in [0.15, 0.2) is 0 Å². The van der Waals surface area contributed by atoms with Crippen LogP contribution < -0.4 is 5.32 Å². The van der Waals surface area contributed by atoms with Crippen LogP contribution in [0.25, 0.3) is 0 Å². The average Bonchev–Trinajstić information content (AvgIpc) is 2.30. The largest absolute Gasteiger partial charge is 0.481 e. The number of carboxylic acids is 1. The molecule has 4 heteroatoms. The molecule has 2 N–H and O–H groups in total. The van der Waals surface area contributed by atoms with E-state index in [1.807, 2.05) is 25.1 Å². The van der Waals surface area contributed by atoms with E-state index in [9.17, 15) is 9.59 Å². The second-order valence-electron chi connectivity index (χ2n) is 4.22. The Morgan fingerprint density at radius 3 is 2.11 bits per heavy atom. The second kappa shape index (κ2) is 8.29. The number of rotatable bonds is 4. The molecule has 1 aromatic rings. The predicted molar refractivity (Wildman–Crippen MR) is 79.2 cm³/mol. The monoisotopic (exact) mass is 267 g/mol. The van der Waals surface area contributed by atoms with Crippen molar-refractivity contribution in [3.8, 4) is 0 Å². The van der Waals surface area contributed by atoms with Gasteiger partial charge in [-0.15, -0.1) is 0 Å². The molecule has 0 aliphatic rings. The Bertz CT molecular complexity index is 429. The lowest BCUT2D eigenvalue weighted by Gasteiger charge is -2.16. The van der Waals surface area contributed by atoms with Crippen molar-refractivity contribution in [2.75, 3.05) is 5.32 Å². The van der Waals surface area contributed by atoms with E-state index < -0.39 is 17.8 Å². The van der Waals surface area contributed by atoms with E-state index in [2.05, 4.69) is 5.32 Å². The van der Waals surface area contributed by atoms with Crippen LogP contribution >= 0.6 is 0 Å². The summed E-state index contributed by atoms with van der Waals surface area (Å²) in [6.07, 6.45) is 0. The number of anilines is 1. The number of carbonyl (C=O) groups is 2. The molecule has 0 saturated heterocycles. The highest BCUT2D eigenvalue weighted by Gasteiger charge is 2.25. The van der Waals surface area contributed by atoms with Crippen molar-refractivity contribution in [3.05, 3.63) is 29.8 Å². The van der Waals surface area contributed by atoms with Gasteiger partial charge < -0.3 is 10.4 Å². The Kier molecular flexibility index (Phi) is 8.51. The Labute approximate surface area is 115 Å². The number of hydrogen-bond acceptors (Lipinski definition) is 2. The quantitative estimate of drug-likeness (QED) is 0.876. The molecule has 2 unspecified atom stereocenters. The smallest absolute Gasteiger partial charge is 0.307 e. The summed E-state index contributed by atoms with van der Waals surface area (Å²) in [5, 5.41) is 11.6. The van der Waals surface area contributed by atoms with Crippen LogP contribution in [0.2, 0.25) is 0 Å². The Morgan fingerprint density at radius 1 is 1.11 bits per heavy atom. The van der Waals surface area contributed by atoms with Crippen molar-refractivity contribution in [1.82, 2.24) is 0 Å². The van der Waals surface area contributed by atoms with Gasteiger partial charge in [-0.1, -0.05) is 46.9 Å². The molecule has 0 heterocycles. The Morgan fingerprint density at radius 2 is 1.63 bits per heavy atom. The van der Waals surface area contributed by atoms with Crippen LogP contribution in [0.4, 0.5) is 5.69 Å². The fourth-order valence-electron chi connectivity index (χ4n) is 1.40. The number of carboxylic acid groups (broad SMARTS) is 1. The lowest BCUT2D eigenvalue weighted by molar-refractivity contribution is -0.145. The molecule has 0 fully saturated rings. The average molecular weight is 267 g/mol. The van der Waals surface area contributed by atoms with Gasteiger partial charge in [0.1, 0.15) is 0 Å². The van der Waals surface area contributed by atoms with E-state index >= 15 is 0 Å². The minimum absolute atomic E-state index is 0. The standard InChI is InChI=1S/C13H17NO3.2CH4/c1-8-6-4-5-7-11(8)14-12(15)9(2)10(3)13(16)17;;/h4-7,9-10H,1-3H3,(H,14,15)(H,16,17);2*1H4. The molecule has 1 aromatic carbocycles. The SMILES string of the molecule is C.C.Cc1ccccc1NC(=O)C(C)C(C)C(=O)O. The third kappa shape index (κ3) is 5.12. The Balaban J connectivity index is 0. The van der Waals surface area contributed by atoms with Crippen molar-refractivity contribution < 1.29 is 14.7 Å². The highest BCUT2D eigenvalue weighted by Crippen LogP contribution is 2.17. The molecule has 0 bridgehead atoms. The summed E-state index contributed by atoms with van der Waals surface area (Å²) in [7, 11) is 0. The normalized spacial score (nSPS) is 12.4. The van der Waals surface area contributed by atoms with Gasteiger partial charge >= 0.3 is 5.97 Å². The van der Waals surface area contributed by atoms with Crippen LogP contribution in [0.5, 0.6) is 0 Å². The van der Waals surface area contributed by atoms with Crippen molar-refractivity contribution in [1.29, 1.82) is 0 Å². The first kappa shape index (κ1) is 19.5. The molecule has 0 aliphatic carbocycles. The third-order valence-electron chi connectivity index (χ3n) is 2.96. The van der Waals surface area contributed by atoms with E-state index in [1.165, 1.54) is 6.92 Å². The van der Waals surface area contributed by atoms with Crippen molar-refractivity contribution in [2.45, 2.75) is 35.6 Å². The highest BCUT2D eigenvalue weighted by molar-refractivity contribution is 5.95. The van der Waals surface area contributed by atoms with Gasteiger partial charge in [0.05, 0.1) is 5.92 Å². The molecule has 0 saturated carbocycles. The molecule has 0 spiro atoms. The van der Waals surface area contributed by atoms with Crippen LogP contribution in [-0.2, 0) is 9.59 Å². The fraction of sp³-hybridized carbons (Fsp3) is 0.467. The van der Waals surface area contributed by atoms with Gasteiger partial charge in [-0.2, -0.15) is 0 Å². The first-order chi connectivity index (χ1) is 7.93. The van der Waals surface area contributed by atoms with Gasteiger partial charge in [0, 0.05) is 11.6 Å². The lowest BCUT2D eigenvalue weighted by Crippen LogP contribution is -2.30. The molecule has 0 aromatic heterocycles. The fourth-order valence-corrected chi connectivity index (χ4v) is 1.40. The first-order valence-electron chi connectivity index (χ1n) is 5.52. The number of benzene rings is 1. The van der Waals surface area contributed by atoms with E-state index in [-0.39, 0.29) is 20.8 Å². The highest BCUT2D eigenvalue weighted by atomic mass is 16.4. The molecular formula is C15H25NO3. The number of carbonyl (C=O) groups excluding carboxylic acids is 1. The van der Waals surface area contributed by atoms with Gasteiger partial charge in [-0.05, 0) is 18.6 Å². The molecule has 4 nitrogen and oxygen atoms in total. The molecule has 2 atom stereocenters. The van der Waals surface area contributed by atoms with Crippen molar-refractivity contribution in [2.24, 2.45) is 11.8 Å². The van der Waals surface area contributed by atoms with E-state index in [0.29, 0.717) is 0 Å². The summed E-state index contributed by atoms with van der Waals surface area (Å²) in [6, 6.07) is 7.40. The summed E-state index contributed by atoms with van der Waals surface area (Å²) in [6.45, 7) is 5.04. The zero-order chi connectivity index (χ0) is 13.0. The number of nitrogens with one attached hydrogen (secondary N) is 1.